The van der Waals surface area contributed by atoms with Crippen LogP contribution in [0.25, 0.3) is 0 Å². The molecule has 0 spiro atoms. The lowest BCUT2D eigenvalue weighted by Crippen LogP contribution is -2.13. The van der Waals surface area contributed by atoms with Gasteiger partial charge in [-0.25, -0.2) is 0 Å². The fourth-order valence-electron chi connectivity index (χ4n) is 3.06. The molecule has 0 atom stereocenters. The molecule has 7 heteroatoms. The highest BCUT2D eigenvalue weighted by Gasteiger charge is 2.27. The largest absolute Gasteiger partial charge is 0.481 e. The summed E-state index contributed by atoms with van der Waals surface area (Å²) in [5.41, 5.74) is 2.03. The number of carboxylic acids is 1. The van der Waals surface area contributed by atoms with E-state index in [1.807, 2.05) is 6.92 Å². The predicted molar refractivity (Wildman–Crippen MR) is 87.4 cm³/mol. The monoisotopic (exact) mass is 330 g/mol. The van der Waals surface area contributed by atoms with Gasteiger partial charge in [0.05, 0.1) is 17.0 Å². The van der Waals surface area contributed by atoms with Crippen LogP contribution >= 0.6 is 0 Å². The summed E-state index contributed by atoms with van der Waals surface area (Å²) in [4.78, 5) is 34.6. The fraction of sp³-hybridized carbons (Fsp3) is 0.294. The second-order valence-electron chi connectivity index (χ2n) is 5.49. The van der Waals surface area contributed by atoms with Crippen molar-refractivity contribution in [2.75, 3.05) is 0 Å². The fourth-order valence-corrected chi connectivity index (χ4v) is 3.06. The topological polar surface area (TPSA) is 102 Å². The van der Waals surface area contributed by atoms with E-state index in [1.54, 1.807) is 24.6 Å². The number of aliphatic carboxylic acids is 1. The summed E-state index contributed by atoms with van der Waals surface area (Å²) in [6, 6.07) is 5.76. The van der Waals surface area contributed by atoms with Gasteiger partial charge in [-0.3, -0.25) is 19.7 Å². The van der Waals surface area contributed by atoms with Gasteiger partial charge in [0.2, 0.25) is 5.78 Å². The summed E-state index contributed by atoms with van der Waals surface area (Å²) in [6.07, 6.45) is 0.372. The average molecular weight is 330 g/mol. The smallest absolute Gasteiger partial charge is 0.309 e. The summed E-state index contributed by atoms with van der Waals surface area (Å²) >= 11 is 0. The van der Waals surface area contributed by atoms with Gasteiger partial charge >= 0.3 is 5.97 Å². The molecule has 24 heavy (non-hydrogen) atoms. The number of nitro groups is 1. The molecule has 0 radical (unpaired) electrons. The van der Waals surface area contributed by atoms with Crippen LogP contribution in [-0.2, 0) is 24.7 Å². The molecule has 0 amide bonds. The maximum absolute atomic E-state index is 12.9. The summed E-state index contributed by atoms with van der Waals surface area (Å²) in [6.45, 7) is 3.62. The van der Waals surface area contributed by atoms with Crippen molar-refractivity contribution in [3.8, 4) is 0 Å². The lowest BCUT2D eigenvalue weighted by molar-refractivity contribution is -0.385. The van der Waals surface area contributed by atoms with Crippen LogP contribution in [-0.4, -0.2) is 26.3 Å². The predicted octanol–water partition coefficient (Wildman–Crippen LogP) is 2.66. The number of carbonyl (C=O) groups is 2. The second-order valence-corrected chi connectivity index (χ2v) is 5.49. The van der Waals surface area contributed by atoms with Crippen LogP contribution in [0.2, 0.25) is 0 Å². The molecule has 1 heterocycles. The van der Waals surface area contributed by atoms with Crippen molar-refractivity contribution in [1.82, 2.24) is 4.57 Å². The van der Waals surface area contributed by atoms with Gasteiger partial charge in [-0.1, -0.05) is 19.1 Å². The van der Waals surface area contributed by atoms with Crippen molar-refractivity contribution in [2.24, 2.45) is 7.05 Å². The molecule has 0 saturated heterocycles. The Hall–Kier alpha value is -2.96. The van der Waals surface area contributed by atoms with Crippen molar-refractivity contribution in [1.29, 1.82) is 0 Å². The number of ketones is 1. The molecule has 0 aliphatic carbocycles. The molecule has 1 N–H and O–H groups in total. The van der Waals surface area contributed by atoms with Crippen molar-refractivity contribution in [2.45, 2.75) is 26.7 Å². The molecule has 1 aromatic carbocycles. The van der Waals surface area contributed by atoms with Crippen LogP contribution in [0.15, 0.2) is 24.3 Å². The van der Waals surface area contributed by atoms with E-state index < -0.39 is 16.7 Å². The Labute approximate surface area is 138 Å². The standard InChI is InChI=1S/C17H18N2O5/c1-4-11-10(2)16(18(3)14(11)9-15(20)21)17(22)12-7-5-6-8-13(12)19(23)24/h5-8H,4,9H2,1-3H3,(H,20,21). The minimum absolute atomic E-state index is 0.00396. The molecular weight excluding hydrogens is 312 g/mol. The minimum Gasteiger partial charge on any atom is -0.481 e. The second kappa shape index (κ2) is 6.66. The van der Waals surface area contributed by atoms with Gasteiger partial charge in [0.1, 0.15) is 5.56 Å². The average Bonchev–Trinajstić information content (AvgIpc) is 2.76. The molecule has 0 aliphatic rings. The van der Waals surface area contributed by atoms with E-state index in [4.69, 9.17) is 5.11 Å². The number of rotatable bonds is 6. The third-order valence-electron chi connectivity index (χ3n) is 4.13. The van der Waals surface area contributed by atoms with Crippen molar-refractivity contribution < 1.29 is 19.6 Å². The Balaban J connectivity index is 2.65. The van der Waals surface area contributed by atoms with Crippen LogP contribution in [0.4, 0.5) is 5.69 Å². The van der Waals surface area contributed by atoms with Gasteiger partial charge in [0.25, 0.3) is 5.69 Å². The van der Waals surface area contributed by atoms with Crippen molar-refractivity contribution >= 4 is 17.4 Å². The highest BCUT2D eigenvalue weighted by atomic mass is 16.6. The number of hydrogen-bond acceptors (Lipinski definition) is 4. The molecule has 0 unspecified atom stereocenters. The Morgan fingerprint density at radius 1 is 1.29 bits per heavy atom. The summed E-state index contributed by atoms with van der Waals surface area (Å²) < 4.78 is 1.54. The summed E-state index contributed by atoms with van der Waals surface area (Å²) in [7, 11) is 1.62. The van der Waals surface area contributed by atoms with E-state index in [2.05, 4.69) is 0 Å². The van der Waals surface area contributed by atoms with E-state index in [9.17, 15) is 19.7 Å². The molecular formula is C17H18N2O5. The third kappa shape index (κ3) is 2.92. The quantitative estimate of drug-likeness (QED) is 0.498. The SMILES string of the molecule is CCc1c(C)c(C(=O)c2ccccc2[N+](=O)[O-])n(C)c1CC(=O)O. The number of benzene rings is 1. The molecule has 0 aliphatic heterocycles. The Morgan fingerprint density at radius 3 is 2.46 bits per heavy atom. The van der Waals surface area contributed by atoms with E-state index in [0.29, 0.717) is 17.7 Å². The van der Waals surface area contributed by atoms with Crippen molar-refractivity contribution in [3.05, 3.63) is 62.5 Å². The Bertz CT molecular complexity index is 836. The Morgan fingerprint density at radius 2 is 1.92 bits per heavy atom. The Kier molecular flexibility index (Phi) is 4.82. The van der Waals surface area contributed by atoms with Gasteiger partial charge in [-0.05, 0) is 30.5 Å². The minimum atomic E-state index is -0.991. The highest BCUT2D eigenvalue weighted by molar-refractivity contribution is 6.11. The number of para-hydroxylation sites is 1. The lowest BCUT2D eigenvalue weighted by atomic mass is 10.0. The molecule has 7 nitrogen and oxygen atoms in total. The third-order valence-corrected chi connectivity index (χ3v) is 4.13. The maximum atomic E-state index is 12.9. The maximum Gasteiger partial charge on any atom is 0.309 e. The van der Waals surface area contributed by atoms with Gasteiger partial charge < -0.3 is 9.67 Å². The first-order valence-corrected chi connectivity index (χ1v) is 7.46. The highest BCUT2D eigenvalue weighted by Crippen LogP contribution is 2.28. The van der Waals surface area contributed by atoms with Crippen LogP contribution in [0, 0.1) is 17.0 Å². The van der Waals surface area contributed by atoms with E-state index in [1.165, 1.54) is 18.2 Å². The number of aromatic nitrogens is 1. The van der Waals surface area contributed by atoms with Crippen LogP contribution < -0.4 is 0 Å². The zero-order chi connectivity index (χ0) is 18.0. The van der Waals surface area contributed by atoms with Gasteiger partial charge in [-0.2, -0.15) is 0 Å². The first kappa shape index (κ1) is 17.4. The molecule has 2 aromatic rings. The van der Waals surface area contributed by atoms with Gasteiger partial charge in [0, 0.05) is 18.8 Å². The number of nitrogens with zero attached hydrogens (tertiary/aromatic N) is 2. The summed E-state index contributed by atoms with van der Waals surface area (Å²) in [5.74, 6) is -1.47. The van der Waals surface area contributed by atoms with E-state index in [-0.39, 0.29) is 23.4 Å². The number of nitro benzene ring substituents is 1. The zero-order valence-corrected chi connectivity index (χ0v) is 13.7. The van der Waals surface area contributed by atoms with Crippen LogP contribution in [0.5, 0.6) is 0 Å². The number of carbonyl (C=O) groups excluding carboxylic acids is 1. The van der Waals surface area contributed by atoms with Crippen LogP contribution in [0.3, 0.4) is 0 Å². The molecule has 0 fully saturated rings. The zero-order valence-electron chi connectivity index (χ0n) is 13.7. The normalized spacial score (nSPS) is 10.6. The molecule has 0 saturated carbocycles. The van der Waals surface area contributed by atoms with Gasteiger partial charge in [-0.15, -0.1) is 0 Å². The van der Waals surface area contributed by atoms with Gasteiger partial charge in [0.15, 0.2) is 0 Å². The van der Waals surface area contributed by atoms with Crippen molar-refractivity contribution in [3.63, 3.8) is 0 Å². The molecule has 126 valence electrons. The molecule has 0 bridgehead atoms. The molecule has 1 aromatic heterocycles. The number of hydrogen-bond donors (Lipinski definition) is 1. The van der Waals surface area contributed by atoms with E-state index >= 15 is 0 Å². The lowest BCUT2D eigenvalue weighted by Gasteiger charge is -2.07. The first-order valence-electron chi connectivity index (χ1n) is 7.46. The van der Waals surface area contributed by atoms with Crippen LogP contribution in [0.1, 0.15) is 39.8 Å². The summed E-state index contributed by atoms with van der Waals surface area (Å²) in [5, 5.41) is 20.3. The number of carboxylic acid groups (broad SMARTS) is 1. The van der Waals surface area contributed by atoms with E-state index in [0.717, 1.165) is 5.56 Å². The molecule has 2 rings (SSSR count). The first-order chi connectivity index (χ1) is 11.3.